The van der Waals surface area contributed by atoms with E-state index in [1.165, 1.54) is 11.9 Å². The lowest BCUT2D eigenvalue weighted by molar-refractivity contribution is -0.141. The summed E-state index contributed by atoms with van der Waals surface area (Å²) in [6, 6.07) is 5.54. The molecular weight excluding hydrogens is 284 g/mol. The third-order valence-electron chi connectivity index (χ3n) is 2.38. The number of halogens is 1. The van der Waals surface area contributed by atoms with E-state index in [-0.39, 0.29) is 12.6 Å². The Labute approximate surface area is 120 Å². The van der Waals surface area contributed by atoms with Crippen molar-refractivity contribution in [1.82, 2.24) is 8.96 Å². The van der Waals surface area contributed by atoms with Crippen molar-refractivity contribution >= 4 is 40.6 Å². The molecule has 1 heterocycles. The van der Waals surface area contributed by atoms with Crippen molar-refractivity contribution in [3.05, 3.63) is 42.2 Å². The lowest BCUT2D eigenvalue weighted by atomic mass is 10.3. The van der Waals surface area contributed by atoms with Crippen LogP contribution in [0.5, 0.6) is 0 Å². The standard InChI is InChI=1S/C13H13ClN2O2S/c1-2-6-18-13(17)5-7-19-16-9-15-11-8-10(14)3-4-12(11)16/h2-4,8-9H,1,5-7H2. The molecule has 4 nitrogen and oxygen atoms in total. The number of nitrogens with zero attached hydrogens (tertiary/aromatic N) is 2. The number of ether oxygens (including phenoxy) is 1. The molecule has 1 aromatic heterocycles. The van der Waals surface area contributed by atoms with Gasteiger partial charge in [-0.3, -0.25) is 8.77 Å². The molecule has 2 aromatic rings. The van der Waals surface area contributed by atoms with E-state index < -0.39 is 0 Å². The molecule has 19 heavy (non-hydrogen) atoms. The molecule has 0 aliphatic carbocycles. The first-order chi connectivity index (χ1) is 9.20. The fourth-order valence-electron chi connectivity index (χ4n) is 1.52. The van der Waals surface area contributed by atoms with E-state index >= 15 is 0 Å². The second kappa shape index (κ2) is 6.63. The van der Waals surface area contributed by atoms with Gasteiger partial charge >= 0.3 is 5.97 Å². The van der Waals surface area contributed by atoms with Crippen LogP contribution in [0.15, 0.2) is 37.2 Å². The Morgan fingerprint density at radius 1 is 1.58 bits per heavy atom. The van der Waals surface area contributed by atoms with Crippen LogP contribution in [0.2, 0.25) is 5.02 Å². The summed E-state index contributed by atoms with van der Waals surface area (Å²) >= 11 is 7.41. The first kappa shape index (κ1) is 14.0. The quantitative estimate of drug-likeness (QED) is 0.606. The number of rotatable bonds is 6. The largest absolute Gasteiger partial charge is 0.461 e. The highest BCUT2D eigenvalue weighted by Crippen LogP contribution is 2.22. The minimum atomic E-state index is -0.222. The monoisotopic (exact) mass is 296 g/mol. The average molecular weight is 297 g/mol. The molecule has 0 radical (unpaired) electrons. The zero-order valence-corrected chi connectivity index (χ0v) is 11.8. The molecule has 6 heteroatoms. The molecule has 0 atom stereocenters. The van der Waals surface area contributed by atoms with Gasteiger partial charge in [-0.15, -0.1) is 0 Å². The van der Waals surface area contributed by atoms with Gasteiger partial charge in [0.05, 0.1) is 17.5 Å². The molecule has 0 spiro atoms. The highest BCUT2D eigenvalue weighted by atomic mass is 35.5. The zero-order valence-electron chi connectivity index (χ0n) is 10.2. The molecule has 0 saturated carbocycles. The maximum absolute atomic E-state index is 11.3. The highest BCUT2D eigenvalue weighted by Gasteiger charge is 2.06. The molecule has 0 aliphatic rings. The number of aromatic nitrogens is 2. The van der Waals surface area contributed by atoms with Gasteiger partial charge in [0.1, 0.15) is 12.9 Å². The SMILES string of the molecule is C=CCOC(=O)CCSn1cnc2cc(Cl)ccc21. The summed E-state index contributed by atoms with van der Waals surface area (Å²) in [7, 11) is 0. The number of esters is 1. The molecule has 0 N–H and O–H groups in total. The van der Waals surface area contributed by atoms with Gasteiger partial charge in [0, 0.05) is 10.8 Å². The third kappa shape index (κ3) is 3.75. The van der Waals surface area contributed by atoms with Gasteiger partial charge < -0.3 is 4.74 Å². The van der Waals surface area contributed by atoms with Gasteiger partial charge in [0.25, 0.3) is 0 Å². The number of carbonyl (C=O) groups is 1. The molecular formula is C13H13ClN2O2S. The topological polar surface area (TPSA) is 44.1 Å². The van der Waals surface area contributed by atoms with Crippen LogP contribution in [0.4, 0.5) is 0 Å². The molecule has 0 bridgehead atoms. The van der Waals surface area contributed by atoms with E-state index in [9.17, 15) is 4.79 Å². The molecule has 0 aliphatic heterocycles. The number of imidazole rings is 1. The van der Waals surface area contributed by atoms with E-state index in [1.54, 1.807) is 12.4 Å². The third-order valence-corrected chi connectivity index (χ3v) is 3.57. The Balaban J connectivity index is 1.91. The fraction of sp³-hybridized carbons (Fsp3) is 0.231. The van der Waals surface area contributed by atoms with Crippen LogP contribution in [0.1, 0.15) is 6.42 Å². The van der Waals surface area contributed by atoms with Crippen LogP contribution in [0.3, 0.4) is 0 Å². The van der Waals surface area contributed by atoms with E-state index in [1.807, 2.05) is 22.2 Å². The molecule has 0 fully saturated rings. The van der Waals surface area contributed by atoms with Gasteiger partial charge in [-0.05, 0) is 30.1 Å². The summed E-state index contributed by atoms with van der Waals surface area (Å²) in [5.41, 5.74) is 1.82. The fourth-order valence-corrected chi connectivity index (χ4v) is 2.55. The number of carbonyl (C=O) groups excluding carboxylic acids is 1. The highest BCUT2D eigenvalue weighted by molar-refractivity contribution is 7.98. The van der Waals surface area contributed by atoms with E-state index in [2.05, 4.69) is 11.6 Å². The number of fused-ring (bicyclic) bond motifs is 1. The first-order valence-corrected chi connectivity index (χ1v) is 7.05. The van der Waals surface area contributed by atoms with Crippen molar-refractivity contribution in [3.63, 3.8) is 0 Å². The summed E-state index contributed by atoms with van der Waals surface area (Å²) in [4.78, 5) is 15.6. The summed E-state index contributed by atoms with van der Waals surface area (Å²) in [6.45, 7) is 3.75. The van der Waals surface area contributed by atoms with Crippen molar-refractivity contribution in [2.24, 2.45) is 0 Å². The summed E-state index contributed by atoms with van der Waals surface area (Å²) < 4.78 is 6.82. The minimum absolute atomic E-state index is 0.222. The lowest BCUT2D eigenvalue weighted by Gasteiger charge is -2.03. The van der Waals surface area contributed by atoms with Gasteiger partial charge in [-0.1, -0.05) is 24.3 Å². The van der Waals surface area contributed by atoms with Crippen molar-refractivity contribution in [3.8, 4) is 0 Å². The van der Waals surface area contributed by atoms with E-state index in [4.69, 9.17) is 16.3 Å². The van der Waals surface area contributed by atoms with E-state index in [0.717, 1.165) is 11.0 Å². The van der Waals surface area contributed by atoms with Gasteiger partial charge in [-0.2, -0.15) is 0 Å². The van der Waals surface area contributed by atoms with Crippen LogP contribution in [-0.4, -0.2) is 27.3 Å². The van der Waals surface area contributed by atoms with Gasteiger partial charge in [0.15, 0.2) is 0 Å². The van der Waals surface area contributed by atoms with Crippen LogP contribution < -0.4 is 0 Å². The Morgan fingerprint density at radius 3 is 3.21 bits per heavy atom. The molecule has 100 valence electrons. The van der Waals surface area contributed by atoms with Crippen molar-refractivity contribution in [2.45, 2.75) is 6.42 Å². The van der Waals surface area contributed by atoms with Gasteiger partial charge in [-0.25, -0.2) is 4.98 Å². The van der Waals surface area contributed by atoms with Crippen molar-refractivity contribution in [1.29, 1.82) is 0 Å². The Kier molecular flexibility index (Phi) is 4.87. The maximum atomic E-state index is 11.3. The van der Waals surface area contributed by atoms with Gasteiger partial charge in [0.2, 0.25) is 0 Å². The molecule has 0 saturated heterocycles. The zero-order chi connectivity index (χ0) is 13.7. The normalized spacial score (nSPS) is 10.6. The number of hydrogen-bond donors (Lipinski definition) is 0. The Hall–Kier alpha value is -1.46. The molecule has 1 aromatic carbocycles. The van der Waals surface area contributed by atoms with Crippen LogP contribution in [-0.2, 0) is 9.53 Å². The second-order valence-corrected chi connectivity index (χ2v) is 5.25. The van der Waals surface area contributed by atoms with Crippen LogP contribution in [0, 0.1) is 0 Å². The summed E-state index contributed by atoms with van der Waals surface area (Å²) in [5, 5.41) is 0.663. The first-order valence-electron chi connectivity index (χ1n) is 5.73. The Bertz CT molecular complexity index is 597. The molecule has 2 rings (SSSR count). The summed E-state index contributed by atoms with van der Waals surface area (Å²) in [6.07, 6.45) is 3.63. The second-order valence-electron chi connectivity index (χ2n) is 3.76. The molecule has 0 unspecified atom stereocenters. The van der Waals surface area contributed by atoms with Crippen molar-refractivity contribution in [2.75, 3.05) is 12.4 Å². The predicted molar refractivity (Wildman–Crippen MR) is 78.4 cm³/mol. The van der Waals surface area contributed by atoms with Crippen molar-refractivity contribution < 1.29 is 9.53 Å². The summed E-state index contributed by atoms with van der Waals surface area (Å²) in [5.74, 6) is 0.407. The number of benzene rings is 1. The van der Waals surface area contributed by atoms with Crippen LogP contribution in [0.25, 0.3) is 11.0 Å². The number of hydrogen-bond acceptors (Lipinski definition) is 4. The smallest absolute Gasteiger partial charge is 0.307 e. The average Bonchev–Trinajstić information content (AvgIpc) is 2.79. The van der Waals surface area contributed by atoms with E-state index in [0.29, 0.717) is 17.2 Å². The maximum Gasteiger partial charge on any atom is 0.307 e. The van der Waals surface area contributed by atoms with Crippen LogP contribution >= 0.6 is 23.5 Å². The lowest BCUT2D eigenvalue weighted by Crippen LogP contribution is -2.05. The molecule has 0 amide bonds. The Morgan fingerprint density at radius 2 is 2.42 bits per heavy atom. The minimum Gasteiger partial charge on any atom is -0.461 e. The predicted octanol–water partition coefficient (Wildman–Crippen LogP) is 3.31.